The van der Waals surface area contributed by atoms with E-state index in [0.717, 1.165) is 86.2 Å². The van der Waals surface area contributed by atoms with Crippen LogP contribution in [0.2, 0.25) is 5.15 Å². The number of halogens is 1. The Labute approximate surface area is 399 Å². The van der Waals surface area contributed by atoms with Crippen molar-refractivity contribution in [2.45, 2.75) is 109 Å². The number of nitrogens with zero attached hydrogens (tertiary/aromatic N) is 7. The van der Waals surface area contributed by atoms with Gasteiger partial charge in [0.25, 0.3) is 0 Å². The van der Waals surface area contributed by atoms with Crippen molar-refractivity contribution in [1.29, 1.82) is 0 Å². The van der Waals surface area contributed by atoms with E-state index in [2.05, 4.69) is 48.1 Å². The number of carbonyl (C=O) groups is 2. The van der Waals surface area contributed by atoms with Crippen LogP contribution in [0.5, 0.6) is 11.5 Å². The molecule has 1 saturated carbocycles. The van der Waals surface area contributed by atoms with E-state index in [-0.39, 0.29) is 70.2 Å². The maximum Gasteiger partial charge on any atom is 1.00 e. The average molecular weight is 875 g/mol. The van der Waals surface area contributed by atoms with Crippen LogP contribution in [0.3, 0.4) is 0 Å². The van der Waals surface area contributed by atoms with E-state index in [4.69, 9.17) is 35.3 Å². The number of aryl methyl sites for hydroxylation is 1. The standard InChI is InChI=1S/C42H58ClN9O7.K/c1-4-5-16-38-46-39(43)34(52(38)26-30-12-6-7-13-32(30)40-47-49-50-48-40)28-58-41(53)44-21-10-11-22-45-42(54)59-31-19-23-51(27-31)33-14-8-9-15-35(33)57-24-20-29-17-18-36(55-2)37(25-29)56-3;/h6-7,12-13,17-18,25,31,33,35H,4-5,8-11,14-16,19-24,26-28H2,1-3H3,(H3,44,45,47,48,49,50,53,54);/q;+1/p-1/t31-,33-,35-;/m1./s1. The van der Waals surface area contributed by atoms with E-state index in [1.807, 2.05) is 47.0 Å². The molecule has 3 atom stereocenters. The van der Waals surface area contributed by atoms with Gasteiger partial charge in [-0.05, 0) is 73.8 Å². The Hall–Kier alpha value is -3.29. The predicted octanol–water partition coefficient (Wildman–Crippen LogP) is 3.14. The van der Waals surface area contributed by atoms with Gasteiger partial charge >= 0.3 is 63.6 Å². The molecule has 2 aromatic heterocycles. The van der Waals surface area contributed by atoms with Crippen LogP contribution in [-0.4, -0.2) is 107 Å². The van der Waals surface area contributed by atoms with Crippen molar-refractivity contribution < 1.29 is 84.7 Å². The van der Waals surface area contributed by atoms with Gasteiger partial charge in [-0.25, -0.2) is 14.6 Å². The molecule has 16 nitrogen and oxygen atoms in total. The number of hydrogen-bond donors (Lipinski definition) is 2. The second-order valence-corrected chi connectivity index (χ2v) is 15.3. The van der Waals surface area contributed by atoms with Crippen molar-refractivity contribution in [2.75, 3.05) is 47.0 Å². The van der Waals surface area contributed by atoms with E-state index < -0.39 is 12.2 Å². The van der Waals surface area contributed by atoms with Crippen molar-refractivity contribution in [3.05, 3.63) is 70.3 Å². The molecule has 2 amide bonds. The summed E-state index contributed by atoms with van der Waals surface area (Å²) in [4.78, 5) is 32.4. The number of unbranched alkanes of at least 4 members (excludes halogenated alkanes) is 2. The number of amides is 2. The fraction of sp³-hybridized carbons (Fsp3) is 0.571. The molecular formula is C42H57ClKN9O7. The fourth-order valence-corrected chi connectivity index (χ4v) is 8.12. The Morgan fingerprint density at radius 1 is 0.950 bits per heavy atom. The first kappa shape index (κ1) is 47.7. The first-order valence-corrected chi connectivity index (χ1v) is 21.2. The number of aromatic nitrogens is 6. The van der Waals surface area contributed by atoms with Crippen LogP contribution in [0.1, 0.15) is 87.4 Å². The number of methoxy groups -OCH3 is 2. The van der Waals surface area contributed by atoms with Gasteiger partial charge in [-0.2, -0.15) is 5.21 Å². The maximum atomic E-state index is 12.7. The first-order valence-electron chi connectivity index (χ1n) is 20.8. The zero-order valence-corrected chi connectivity index (χ0v) is 39.2. The molecule has 2 fully saturated rings. The van der Waals surface area contributed by atoms with Crippen LogP contribution in [-0.2, 0) is 40.2 Å². The second kappa shape index (κ2) is 25.0. The fourth-order valence-electron chi connectivity index (χ4n) is 7.87. The van der Waals surface area contributed by atoms with E-state index >= 15 is 0 Å². The Morgan fingerprint density at radius 2 is 1.73 bits per heavy atom. The molecule has 1 aliphatic heterocycles. The third-order valence-corrected chi connectivity index (χ3v) is 11.3. The van der Waals surface area contributed by atoms with Crippen molar-refractivity contribution >= 4 is 23.8 Å². The van der Waals surface area contributed by atoms with Crippen LogP contribution < -0.4 is 76.6 Å². The molecule has 1 aliphatic carbocycles. The minimum absolute atomic E-state index is 0. The minimum atomic E-state index is -0.562. The summed E-state index contributed by atoms with van der Waals surface area (Å²) in [7, 11) is 3.28. The quantitative estimate of drug-likeness (QED) is 0.0923. The molecule has 1 saturated heterocycles. The van der Waals surface area contributed by atoms with Crippen LogP contribution in [0.15, 0.2) is 42.5 Å². The van der Waals surface area contributed by atoms with E-state index in [1.54, 1.807) is 14.2 Å². The Morgan fingerprint density at radius 3 is 2.50 bits per heavy atom. The van der Waals surface area contributed by atoms with Gasteiger partial charge < -0.3 is 44.0 Å². The molecule has 2 aromatic carbocycles. The Kier molecular flexibility index (Phi) is 19.9. The van der Waals surface area contributed by atoms with Crippen molar-refractivity contribution in [2.24, 2.45) is 0 Å². The molecule has 4 aromatic rings. The van der Waals surface area contributed by atoms with Gasteiger partial charge in [0, 0.05) is 51.0 Å². The smallest absolute Gasteiger partial charge is 0.493 e. The van der Waals surface area contributed by atoms with Crippen LogP contribution in [0, 0.1) is 0 Å². The van der Waals surface area contributed by atoms with Crippen LogP contribution >= 0.6 is 11.6 Å². The van der Waals surface area contributed by atoms with Gasteiger partial charge in [0.2, 0.25) is 0 Å². The molecule has 3 heterocycles. The largest absolute Gasteiger partial charge is 1.00 e. The molecule has 2 N–H and O–H groups in total. The van der Waals surface area contributed by atoms with Gasteiger partial charge in [-0.3, -0.25) is 15.2 Å². The third-order valence-electron chi connectivity index (χ3n) is 11.0. The number of imidazole rings is 1. The number of hydrogen-bond acceptors (Lipinski definition) is 12. The molecular weight excluding hydrogens is 817 g/mol. The van der Waals surface area contributed by atoms with Crippen molar-refractivity contribution in [1.82, 2.24) is 45.7 Å². The van der Waals surface area contributed by atoms with Crippen molar-refractivity contribution in [3.8, 4) is 22.9 Å². The summed E-state index contributed by atoms with van der Waals surface area (Å²) in [5, 5.41) is 21.3. The van der Waals surface area contributed by atoms with E-state index in [0.29, 0.717) is 74.1 Å². The topological polar surface area (TPSA) is 178 Å². The number of tetrazole rings is 1. The second-order valence-electron chi connectivity index (χ2n) is 15.0. The molecule has 0 spiro atoms. The summed E-state index contributed by atoms with van der Waals surface area (Å²) in [6, 6.07) is 14.0. The molecule has 0 unspecified atom stereocenters. The number of rotatable bonds is 21. The number of nitrogens with one attached hydrogen (secondary N) is 2. The molecule has 6 rings (SSSR count). The molecule has 0 bridgehead atoms. The zero-order chi connectivity index (χ0) is 41.4. The van der Waals surface area contributed by atoms with Gasteiger partial charge in [0.05, 0.1) is 32.6 Å². The van der Waals surface area contributed by atoms with Gasteiger partial charge in [-0.1, -0.05) is 68.1 Å². The molecule has 60 heavy (non-hydrogen) atoms. The molecule has 2 aliphatic rings. The van der Waals surface area contributed by atoms with Crippen molar-refractivity contribution in [3.63, 3.8) is 0 Å². The van der Waals surface area contributed by atoms with Crippen LogP contribution in [0.4, 0.5) is 9.59 Å². The monoisotopic (exact) mass is 873 g/mol. The zero-order valence-electron chi connectivity index (χ0n) is 35.4. The normalized spacial score (nSPS) is 17.8. The summed E-state index contributed by atoms with van der Waals surface area (Å²) >= 11 is 6.61. The number of ether oxygens (including phenoxy) is 5. The first-order chi connectivity index (χ1) is 28.9. The predicted molar refractivity (Wildman–Crippen MR) is 221 cm³/mol. The summed E-state index contributed by atoms with van der Waals surface area (Å²) in [6.45, 7) is 5.53. The Bertz CT molecular complexity index is 1940. The third kappa shape index (κ3) is 13.6. The van der Waals surface area contributed by atoms with E-state index in [1.165, 1.54) is 6.42 Å². The maximum absolute atomic E-state index is 12.7. The number of benzene rings is 2. The van der Waals surface area contributed by atoms with Gasteiger partial charge in [-0.15, -0.1) is 0 Å². The van der Waals surface area contributed by atoms with Gasteiger partial charge in [0.15, 0.2) is 16.7 Å². The Balaban J connectivity index is 0.00000683. The van der Waals surface area contributed by atoms with Crippen LogP contribution in [0.25, 0.3) is 11.4 Å². The number of likely N-dealkylation sites (tertiary alicyclic amines) is 1. The number of alkyl carbamates (subject to hydrolysis) is 2. The summed E-state index contributed by atoms with van der Waals surface area (Å²) in [5.41, 5.74) is 3.48. The molecule has 18 heteroatoms. The molecule has 0 radical (unpaired) electrons. The summed E-state index contributed by atoms with van der Waals surface area (Å²) in [5.74, 6) is 2.68. The van der Waals surface area contributed by atoms with Gasteiger partial charge in [0.1, 0.15) is 18.5 Å². The average Bonchev–Trinajstić information content (AvgIpc) is 4.02. The summed E-state index contributed by atoms with van der Waals surface area (Å²) in [6.07, 6.45) is 9.01. The number of carbonyl (C=O) groups excluding carboxylic acids is 2. The van der Waals surface area contributed by atoms with E-state index in [9.17, 15) is 9.59 Å². The summed E-state index contributed by atoms with van der Waals surface area (Å²) < 4.78 is 30.7. The molecule has 320 valence electrons. The SMILES string of the molecule is CCCCc1nc(Cl)c(COC(=O)NCCCCNC(=O)O[C@@H]2CCN([C@@H]3CCCC[C@H]3OCCc3ccc(OC)c(OC)c3)C2)n1Cc1ccccc1-c1nnn[n-]1.[K+]. The minimum Gasteiger partial charge on any atom is -0.493 e.